The number of methoxy groups -OCH3 is 3. The van der Waals surface area contributed by atoms with E-state index in [9.17, 15) is 4.79 Å². The van der Waals surface area contributed by atoms with Gasteiger partial charge in [-0.1, -0.05) is 41.6 Å². The number of thioether (sulfide) groups is 1. The van der Waals surface area contributed by atoms with Gasteiger partial charge in [0.1, 0.15) is 0 Å². The fourth-order valence-electron chi connectivity index (χ4n) is 4.16. The Morgan fingerprint density at radius 1 is 1.03 bits per heavy atom. The summed E-state index contributed by atoms with van der Waals surface area (Å²) in [5.41, 5.74) is 5.05. The van der Waals surface area contributed by atoms with E-state index in [0.717, 1.165) is 22.0 Å². The minimum absolute atomic E-state index is 0.267. The van der Waals surface area contributed by atoms with Crippen molar-refractivity contribution < 1.29 is 23.7 Å². The highest BCUT2D eigenvalue weighted by molar-refractivity contribution is 8.16. The molecule has 2 aromatic rings. The number of carbonyl (C=O) groups excluding carboxylic acids is 1. The Hall–Kier alpha value is -3.39. The van der Waals surface area contributed by atoms with Crippen LogP contribution in [0.25, 0.3) is 5.70 Å². The summed E-state index contributed by atoms with van der Waals surface area (Å²) in [5, 5.41) is 2.86. The average molecular weight is 481 g/mol. The van der Waals surface area contributed by atoms with Crippen molar-refractivity contribution in [2.45, 2.75) is 26.8 Å². The summed E-state index contributed by atoms with van der Waals surface area (Å²) in [6.07, 6.45) is 0. The van der Waals surface area contributed by atoms with Gasteiger partial charge in [-0.2, -0.15) is 0 Å². The summed E-state index contributed by atoms with van der Waals surface area (Å²) in [6, 6.07) is 11.5. The quantitative estimate of drug-likeness (QED) is 0.497. The zero-order chi connectivity index (χ0) is 24.4. The van der Waals surface area contributed by atoms with E-state index >= 15 is 0 Å². The number of hydrogen-bond acceptors (Lipinski definition) is 8. The minimum Gasteiger partial charge on any atom is -0.493 e. The fourth-order valence-corrected chi connectivity index (χ4v) is 5.13. The van der Waals surface area contributed by atoms with Gasteiger partial charge in [0.25, 0.3) is 0 Å². The number of fused-ring (bicyclic) bond motifs is 1. The lowest BCUT2D eigenvalue weighted by Gasteiger charge is -2.36. The number of rotatable bonds is 7. The molecule has 0 aliphatic carbocycles. The molecule has 0 radical (unpaired) electrons. The number of hydrogen-bond donors (Lipinski definition) is 0. The molecule has 0 fully saturated rings. The first kappa shape index (κ1) is 23.8. The maximum Gasteiger partial charge on any atom is 0.338 e. The molecular formula is C26H28N2O5S. The molecule has 2 heterocycles. The second-order valence-corrected chi connectivity index (χ2v) is 8.67. The van der Waals surface area contributed by atoms with Crippen LogP contribution >= 0.6 is 11.8 Å². The van der Waals surface area contributed by atoms with E-state index in [0.29, 0.717) is 28.5 Å². The Balaban J connectivity index is 1.93. The van der Waals surface area contributed by atoms with Crippen LogP contribution in [-0.2, 0) is 9.53 Å². The number of benzene rings is 2. The molecule has 4 rings (SSSR count). The lowest BCUT2D eigenvalue weighted by atomic mass is 9.92. The summed E-state index contributed by atoms with van der Waals surface area (Å²) >= 11 is 1.53. The molecule has 8 heteroatoms. The number of amidine groups is 1. The van der Waals surface area contributed by atoms with Crippen LogP contribution < -0.4 is 14.2 Å². The summed E-state index contributed by atoms with van der Waals surface area (Å²) in [4.78, 5) is 20.1. The molecule has 0 unspecified atom stereocenters. The Bertz CT molecular complexity index is 1180. The number of nitrogens with zero attached hydrogens (tertiary/aromatic N) is 2. The third-order valence-electron chi connectivity index (χ3n) is 5.77. The van der Waals surface area contributed by atoms with Crippen LogP contribution in [0.2, 0.25) is 0 Å². The second kappa shape index (κ2) is 9.85. The number of aliphatic imine (C=N–C) groups is 1. The third-order valence-corrected chi connectivity index (χ3v) is 6.61. The molecule has 178 valence electrons. The van der Waals surface area contributed by atoms with Crippen molar-refractivity contribution in [3.8, 4) is 17.2 Å². The fraction of sp³-hybridized carbons (Fsp3) is 0.308. The lowest BCUT2D eigenvalue weighted by molar-refractivity contribution is -0.139. The molecule has 0 saturated heterocycles. The highest BCUT2D eigenvalue weighted by Gasteiger charge is 2.41. The maximum atomic E-state index is 13.2. The van der Waals surface area contributed by atoms with Crippen molar-refractivity contribution in [3.05, 3.63) is 69.8 Å². The van der Waals surface area contributed by atoms with Crippen LogP contribution in [0.15, 0.2) is 58.1 Å². The molecule has 0 saturated carbocycles. The number of carbonyl (C=O) groups is 1. The molecule has 2 aliphatic rings. The van der Waals surface area contributed by atoms with Crippen molar-refractivity contribution in [1.82, 2.24) is 4.90 Å². The highest BCUT2D eigenvalue weighted by atomic mass is 32.2. The number of esters is 1. The van der Waals surface area contributed by atoms with Gasteiger partial charge in [-0.05, 0) is 44.0 Å². The Morgan fingerprint density at radius 3 is 2.24 bits per heavy atom. The first-order valence-electron chi connectivity index (χ1n) is 10.9. The van der Waals surface area contributed by atoms with Crippen molar-refractivity contribution in [3.63, 3.8) is 0 Å². The molecule has 2 aliphatic heterocycles. The van der Waals surface area contributed by atoms with Gasteiger partial charge in [0.05, 0.1) is 50.9 Å². The monoisotopic (exact) mass is 480 g/mol. The SMILES string of the molecule is CCOC(=O)C1=C(C)N=C2SC=C(c3ccc(C)cc3)N2[C@@H]1c1cc(OC)c(OC)c(OC)c1. The predicted octanol–water partition coefficient (Wildman–Crippen LogP) is 5.32. The van der Waals surface area contributed by atoms with E-state index in [1.807, 2.05) is 19.1 Å². The zero-order valence-electron chi connectivity index (χ0n) is 20.2. The Morgan fingerprint density at radius 2 is 1.68 bits per heavy atom. The van der Waals surface area contributed by atoms with E-state index in [2.05, 4.69) is 41.5 Å². The van der Waals surface area contributed by atoms with Gasteiger partial charge in [-0.15, -0.1) is 0 Å². The first-order chi connectivity index (χ1) is 16.4. The Kier molecular flexibility index (Phi) is 6.88. The van der Waals surface area contributed by atoms with Crippen LogP contribution in [0.3, 0.4) is 0 Å². The average Bonchev–Trinajstić information content (AvgIpc) is 3.26. The van der Waals surface area contributed by atoms with E-state index in [1.165, 1.54) is 17.3 Å². The number of aryl methyl sites for hydroxylation is 1. The standard InChI is InChI=1S/C26H28N2O5S/c1-7-33-25(29)22-16(3)27-26-28(19(14-34-26)17-10-8-15(2)9-11-17)23(22)18-12-20(30-4)24(32-6)21(13-18)31-5/h8-14,23H,7H2,1-6H3/t23-/m1/s1. The summed E-state index contributed by atoms with van der Waals surface area (Å²) in [5.74, 6) is 1.10. The molecule has 0 spiro atoms. The van der Waals surface area contributed by atoms with Gasteiger partial charge < -0.3 is 23.8 Å². The third kappa shape index (κ3) is 4.14. The van der Waals surface area contributed by atoms with Crippen LogP contribution in [-0.4, -0.2) is 44.0 Å². The largest absolute Gasteiger partial charge is 0.493 e. The summed E-state index contributed by atoms with van der Waals surface area (Å²) in [7, 11) is 4.71. The highest BCUT2D eigenvalue weighted by Crippen LogP contribution is 2.49. The molecule has 0 bridgehead atoms. The van der Waals surface area contributed by atoms with E-state index in [-0.39, 0.29) is 6.61 Å². The van der Waals surface area contributed by atoms with Gasteiger partial charge in [-0.25, -0.2) is 9.79 Å². The zero-order valence-corrected chi connectivity index (χ0v) is 21.0. The van der Waals surface area contributed by atoms with Gasteiger partial charge in [0, 0.05) is 5.41 Å². The maximum absolute atomic E-state index is 13.2. The van der Waals surface area contributed by atoms with Crippen LogP contribution in [0.1, 0.15) is 36.6 Å². The second-order valence-electron chi connectivity index (χ2n) is 7.83. The van der Waals surface area contributed by atoms with Crippen molar-refractivity contribution in [2.24, 2.45) is 4.99 Å². The molecule has 1 atom stereocenters. The lowest BCUT2D eigenvalue weighted by Crippen LogP contribution is -2.36. The van der Waals surface area contributed by atoms with E-state index in [4.69, 9.17) is 23.9 Å². The van der Waals surface area contributed by atoms with Gasteiger partial charge in [-0.3, -0.25) is 0 Å². The van der Waals surface area contributed by atoms with Gasteiger partial charge in [0.15, 0.2) is 16.7 Å². The van der Waals surface area contributed by atoms with E-state index < -0.39 is 12.0 Å². The summed E-state index contributed by atoms with van der Waals surface area (Å²) in [6.45, 7) is 5.96. The van der Waals surface area contributed by atoms with Crippen LogP contribution in [0.5, 0.6) is 17.2 Å². The minimum atomic E-state index is -0.497. The molecule has 7 nitrogen and oxygen atoms in total. The van der Waals surface area contributed by atoms with Crippen LogP contribution in [0, 0.1) is 6.92 Å². The van der Waals surface area contributed by atoms with Crippen molar-refractivity contribution >= 4 is 28.6 Å². The molecular weight excluding hydrogens is 452 g/mol. The summed E-state index contributed by atoms with van der Waals surface area (Å²) < 4.78 is 22.2. The van der Waals surface area contributed by atoms with Crippen molar-refractivity contribution in [2.75, 3.05) is 27.9 Å². The molecule has 2 aromatic carbocycles. The molecule has 34 heavy (non-hydrogen) atoms. The molecule has 0 N–H and O–H groups in total. The number of allylic oxidation sites excluding steroid dienone is 1. The molecule has 0 aromatic heterocycles. The van der Waals surface area contributed by atoms with E-state index in [1.54, 1.807) is 28.3 Å². The van der Waals surface area contributed by atoms with Crippen molar-refractivity contribution in [1.29, 1.82) is 0 Å². The first-order valence-corrected chi connectivity index (χ1v) is 11.8. The van der Waals surface area contributed by atoms with Gasteiger partial charge in [0.2, 0.25) is 5.75 Å². The number of ether oxygens (including phenoxy) is 4. The Labute approximate surface area is 204 Å². The molecule has 0 amide bonds. The predicted molar refractivity (Wildman–Crippen MR) is 134 cm³/mol. The smallest absolute Gasteiger partial charge is 0.338 e. The van der Waals surface area contributed by atoms with Crippen LogP contribution in [0.4, 0.5) is 0 Å². The topological polar surface area (TPSA) is 69.6 Å². The normalized spacial score (nSPS) is 17.1. The van der Waals surface area contributed by atoms with Gasteiger partial charge >= 0.3 is 5.97 Å².